The molecular formula is C32H44OP4. The van der Waals surface area contributed by atoms with Gasteiger partial charge in [0.05, 0.1) is 17.9 Å². The quantitative estimate of drug-likeness (QED) is 0.315. The Kier molecular flexibility index (Phi) is 5.84. The lowest BCUT2D eigenvalue weighted by molar-refractivity contribution is 0.300. The average Bonchev–Trinajstić information content (AvgIpc) is 3.06. The molecule has 0 N–H and O–H groups in total. The van der Waals surface area contributed by atoms with Gasteiger partial charge in [-0.3, -0.25) is 0 Å². The van der Waals surface area contributed by atoms with Crippen LogP contribution in [0.3, 0.4) is 0 Å². The first-order valence-corrected chi connectivity index (χ1v) is 19.6. The third-order valence-electron chi connectivity index (χ3n) is 10.2. The number of hydrogen-bond donors (Lipinski definition) is 0. The molecule has 0 radical (unpaired) electrons. The minimum atomic E-state index is -0.536. The molecule has 6 bridgehead atoms. The van der Waals surface area contributed by atoms with Crippen LogP contribution in [0.15, 0.2) is 24.3 Å². The molecule has 0 aliphatic carbocycles. The molecule has 7 rings (SSSR count). The van der Waals surface area contributed by atoms with E-state index in [2.05, 4.69) is 107 Å². The highest BCUT2D eigenvalue weighted by Crippen LogP contribution is 3.29. The normalized spacial score (nSPS) is 35.8. The van der Waals surface area contributed by atoms with Gasteiger partial charge in [-0.25, -0.2) is 0 Å². The van der Waals surface area contributed by atoms with Crippen LogP contribution in [0.4, 0.5) is 0 Å². The monoisotopic (exact) mass is 568 g/mol. The minimum Gasteiger partial charge on any atom is -0.336 e. The van der Waals surface area contributed by atoms with Crippen molar-refractivity contribution in [2.45, 2.75) is 111 Å². The maximum atomic E-state index is 7.83. The van der Waals surface area contributed by atoms with Crippen molar-refractivity contribution in [1.82, 2.24) is 0 Å². The first kappa shape index (κ1) is 27.1. The Morgan fingerprint density at radius 2 is 1.24 bits per heavy atom. The third kappa shape index (κ3) is 2.81. The molecular weight excluding hydrogens is 524 g/mol. The summed E-state index contributed by atoms with van der Waals surface area (Å²) in [5.74, 6) is 0. The van der Waals surface area contributed by atoms with Crippen molar-refractivity contribution in [2.75, 3.05) is 0 Å². The van der Waals surface area contributed by atoms with Crippen LogP contribution in [-0.2, 0) is 14.5 Å². The van der Waals surface area contributed by atoms with E-state index in [0.717, 1.165) is 0 Å². The molecule has 2 aromatic carbocycles. The van der Waals surface area contributed by atoms with Crippen molar-refractivity contribution in [1.29, 1.82) is 0 Å². The van der Waals surface area contributed by atoms with E-state index in [9.17, 15) is 0 Å². The molecule has 37 heavy (non-hydrogen) atoms. The van der Waals surface area contributed by atoms with Crippen LogP contribution in [0.2, 0.25) is 0 Å². The predicted octanol–water partition coefficient (Wildman–Crippen LogP) is 11.5. The zero-order chi connectivity index (χ0) is 27.1. The van der Waals surface area contributed by atoms with E-state index in [0.29, 0.717) is 4.90 Å². The van der Waals surface area contributed by atoms with Crippen LogP contribution in [-0.4, -0.2) is 9.93 Å². The molecule has 4 fully saturated rings. The van der Waals surface area contributed by atoms with Crippen LogP contribution >= 0.6 is 31.6 Å². The van der Waals surface area contributed by atoms with Gasteiger partial charge in [0.25, 0.3) is 0 Å². The summed E-state index contributed by atoms with van der Waals surface area (Å²) in [4.78, 5) is 0.552. The Balaban J connectivity index is 1.75. The van der Waals surface area contributed by atoms with Gasteiger partial charge in [-0.05, 0) is 112 Å². The Bertz CT molecular complexity index is 1340. The molecule has 2 aromatic rings. The van der Waals surface area contributed by atoms with Crippen molar-refractivity contribution in [3.63, 3.8) is 0 Å². The molecule has 3 unspecified atom stereocenters. The zero-order valence-corrected chi connectivity index (χ0v) is 28.5. The van der Waals surface area contributed by atoms with Gasteiger partial charge in [0, 0.05) is 7.61 Å². The molecule has 6 atom stereocenters. The molecule has 0 amide bonds. The first-order chi connectivity index (χ1) is 17.2. The Morgan fingerprint density at radius 3 is 1.70 bits per heavy atom. The zero-order valence-electron chi connectivity index (χ0n) is 24.9. The van der Waals surface area contributed by atoms with Gasteiger partial charge < -0.3 is 4.52 Å². The van der Waals surface area contributed by atoms with Crippen LogP contribution in [0, 0.1) is 52.4 Å². The van der Waals surface area contributed by atoms with Gasteiger partial charge in [-0.15, -0.1) is 0 Å². The topological polar surface area (TPSA) is 9.23 Å². The summed E-state index contributed by atoms with van der Waals surface area (Å²) in [7, 11) is 0.289. The molecule has 1 nitrogen and oxygen atoms in total. The number of hydrogen-bond acceptors (Lipinski definition) is 1. The van der Waals surface area contributed by atoms with Crippen LogP contribution in [0.25, 0.3) is 0 Å². The van der Waals surface area contributed by atoms with Crippen molar-refractivity contribution in [2.24, 2.45) is 10.8 Å². The predicted molar refractivity (Wildman–Crippen MR) is 169 cm³/mol. The summed E-state index contributed by atoms with van der Waals surface area (Å²) >= 11 is 0. The van der Waals surface area contributed by atoms with Crippen molar-refractivity contribution < 1.29 is 4.52 Å². The van der Waals surface area contributed by atoms with E-state index in [1.54, 1.807) is 19.0 Å². The lowest BCUT2D eigenvalue weighted by atomic mass is 9.81. The molecule has 0 spiro atoms. The van der Waals surface area contributed by atoms with E-state index in [1.165, 1.54) is 46.2 Å². The third-order valence-corrected chi connectivity index (χ3v) is 29.3. The molecule has 0 aromatic heterocycles. The number of aryl methyl sites for hydroxylation is 6. The van der Waals surface area contributed by atoms with E-state index >= 15 is 0 Å². The average molecular weight is 569 g/mol. The lowest BCUT2D eigenvalue weighted by Crippen LogP contribution is -2.36. The maximum absolute atomic E-state index is 7.83. The number of benzene rings is 2. The van der Waals surface area contributed by atoms with Gasteiger partial charge in [-0.1, -0.05) is 84.8 Å². The van der Waals surface area contributed by atoms with Crippen molar-refractivity contribution in [3.05, 3.63) is 68.8 Å². The van der Waals surface area contributed by atoms with Crippen LogP contribution in [0.5, 0.6) is 0 Å². The molecule has 198 valence electrons. The fourth-order valence-corrected chi connectivity index (χ4v) is 37.0. The summed E-state index contributed by atoms with van der Waals surface area (Å²) in [5.41, 5.74) is 12.6. The summed E-state index contributed by atoms with van der Waals surface area (Å²) < 4.78 is 7.83. The summed E-state index contributed by atoms with van der Waals surface area (Å²) in [6.07, 6.45) is 2.44. The van der Waals surface area contributed by atoms with Gasteiger partial charge in [0.15, 0.2) is 0 Å². The largest absolute Gasteiger partial charge is 0.336 e. The highest BCUT2D eigenvalue weighted by Gasteiger charge is 3.04. The molecule has 5 aliphatic heterocycles. The van der Waals surface area contributed by atoms with E-state index in [-0.39, 0.29) is 28.4 Å². The second-order valence-corrected chi connectivity index (χ2v) is 23.7. The molecule has 5 aliphatic rings. The van der Waals surface area contributed by atoms with Gasteiger partial charge >= 0.3 is 0 Å². The Hall–Kier alpha value is -0.140. The van der Waals surface area contributed by atoms with E-state index in [4.69, 9.17) is 4.52 Å². The van der Waals surface area contributed by atoms with Crippen molar-refractivity contribution in [3.8, 4) is 0 Å². The molecule has 5 heteroatoms. The second kappa shape index (κ2) is 7.99. The fourth-order valence-electron chi connectivity index (χ4n) is 8.19. The highest BCUT2D eigenvalue weighted by atomic mass is 32.0. The first-order valence-electron chi connectivity index (χ1n) is 14.1. The second-order valence-electron chi connectivity index (χ2n) is 13.4. The van der Waals surface area contributed by atoms with E-state index < -0.39 is 16.1 Å². The molecule has 0 saturated carbocycles. The highest BCUT2D eigenvalue weighted by molar-refractivity contribution is 8.41. The Labute approximate surface area is 231 Å². The standard InChI is InChI=1S/C32H44OP4/c1-13-28(9,10)27-34-37-31(26-23(7)17-20(4)18-24(26)8)33-36-30(35(27)31,32(36,37)29(11,12)14-2)25-21(5)15-19(3)16-22(25)6/h15-18H,13-14H2,1-12H3/t30-,31-,32-,35?,36?,37?/m0/s1. The molecule has 4 saturated heterocycles. The minimum absolute atomic E-state index is 0.0578. The van der Waals surface area contributed by atoms with Gasteiger partial charge in [-0.2, -0.15) is 0 Å². The summed E-state index contributed by atoms with van der Waals surface area (Å²) in [6, 6.07) is 9.82. The number of rotatable bonds is 6. The fraction of sp³-hybridized carbons (Fsp3) is 0.594. The van der Waals surface area contributed by atoms with Crippen LogP contribution in [0.1, 0.15) is 98.9 Å². The maximum Gasteiger partial charge on any atom is 0.149 e. The smallest absolute Gasteiger partial charge is 0.149 e. The lowest BCUT2D eigenvalue weighted by Gasteiger charge is -2.41. The van der Waals surface area contributed by atoms with Gasteiger partial charge in [0.2, 0.25) is 0 Å². The SMILES string of the molecule is CCC(C)(C)C1=PP2[C@@]3(c4c(C)cc(C)cc4C)OP4[C@](c5c(C)cc(C)cc5C)(P13)[C@]24C(C)(C)CC. The van der Waals surface area contributed by atoms with E-state index in [1.807, 2.05) is 5.03 Å². The summed E-state index contributed by atoms with van der Waals surface area (Å²) in [5, 5.41) is 1.82. The molecule has 5 heterocycles. The van der Waals surface area contributed by atoms with Crippen molar-refractivity contribution >= 4 is 36.6 Å². The Morgan fingerprint density at radius 1 is 0.757 bits per heavy atom. The summed E-state index contributed by atoms with van der Waals surface area (Å²) in [6.45, 7) is 29.3. The van der Waals surface area contributed by atoms with Crippen LogP contribution < -0.4 is 0 Å². The van der Waals surface area contributed by atoms with Gasteiger partial charge in [0.1, 0.15) is 5.08 Å².